The standard InChI is InChI=1S/C13H15ClN2O2/c14-8-12(17)18-16-13(15)11-6-10(7-11)9-4-2-1-3-5-9/h1-5,10-11H,6-8H2,(H2,15,16). The summed E-state index contributed by atoms with van der Waals surface area (Å²) in [5.74, 6) is 0.292. The molecule has 0 radical (unpaired) electrons. The Morgan fingerprint density at radius 3 is 2.67 bits per heavy atom. The van der Waals surface area contributed by atoms with Gasteiger partial charge in [-0.15, -0.1) is 11.6 Å². The van der Waals surface area contributed by atoms with Crippen molar-refractivity contribution in [1.82, 2.24) is 0 Å². The van der Waals surface area contributed by atoms with Gasteiger partial charge in [-0.2, -0.15) is 0 Å². The number of hydrogen-bond donors (Lipinski definition) is 1. The summed E-state index contributed by atoms with van der Waals surface area (Å²) in [6, 6.07) is 10.3. The smallest absolute Gasteiger partial charge is 0.349 e. The molecule has 0 atom stereocenters. The van der Waals surface area contributed by atoms with Crippen molar-refractivity contribution in [3.63, 3.8) is 0 Å². The van der Waals surface area contributed by atoms with Gasteiger partial charge in [0.05, 0.1) is 0 Å². The number of amidine groups is 1. The van der Waals surface area contributed by atoms with E-state index in [0.717, 1.165) is 12.8 Å². The molecule has 0 aliphatic heterocycles. The number of carbonyl (C=O) groups excluding carboxylic acids is 1. The van der Waals surface area contributed by atoms with E-state index in [-0.39, 0.29) is 11.8 Å². The summed E-state index contributed by atoms with van der Waals surface area (Å²) >= 11 is 5.28. The molecule has 1 saturated carbocycles. The summed E-state index contributed by atoms with van der Waals surface area (Å²) < 4.78 is 0. The molecular weight excluding hydrogens is 252 g/mol. The monoisotopic (exact) mass is 266 g/mol. The van der Waals surface area contributed by atoms with Gasteiger partial charge in [0.15, 0.2) is 0 Å². The third-order valence-corrected chi connectivity index (χ3v) is 3.41. The van der Waals surface area contributed by atoms with Gasteiger partial charge in [0, 0.05) is 5.92 Å². The molecule has 18 heavy (non-hydrogen) atoms. The molecule has 0 unspecified atom stereocenters. The lowest BCUT2D eigenvalue weighted by molar-refractivity contribution is -0.140. The number of benzene rings is 1. The van der Waals surface area contributed by atoms with E-state index >= 15 is 0 Å². The highest BCUT2D eigenvalue weighted by Gasteiger charge is 2.33. The van der Waals surface area contributed by atoms with Crippen molar-refractivity contribution >= 4 is 23.4 Å². The first-order chi connectivity index (χ1) is 8.70. The van der Waals surface area contributed by atoms with E-state index in [1.54, 1.807) is 0 Å². The molecule has 0 aromatic heterocycles. The quantitative estimate of drug-likeness (QED) is 0.299. The van der Waals surface area contributed by atoms with Gasteiger partial charge in [-0.05, 0) is 24.3 Å². The van der Waals surface area contributed by atoms with Crippen LogP contribution < -0.4 is 5.73 Å². The van der Waals surface area contributed by atoms with E-state index in [1.165, 1.54) is 5.56 Å². The molecule has 0 saturated heterocycles. The highest BCUT2D eigenvalue weighted by Crippen LogP contribution is 2.41. The van der Waals surface area contributed by atoms with E-state index in [0.29, 0.717) is 11.8 Å². The van der Waals surface area contributed by atoms with Crippen LogP contribution in [0.1, 0.15) is 24.3 Å². The molecule has 1 aliphatic rings. The van der Waals surface area contributed by atoms with Gasteiger partial charge in [0.1, 0.15) is 11.7 Å². The SMILES string of the molecule is N/C(=N\OC(=O)CCl)C1CC(c2ccccc2)C1. The van der Waals surface area contributed by atoms with Crippen LogP contribution in [-0.2, 0) is 9.63 Å². The van der Waals surface area contributed by atoms with Crippen LogP contribution >= 0.6 is 11.6 Å². The number of carbonyl (C=O) groups is 1. The minimum atomic E-state index is -0.585. The Balaban J connectivity index is 1.84. The first kappa shape index (κ1) is 12.9. The molecule has 0 bridgehead atoms. The maximum absolute atomic E-state index is 10.8. The number of halogens is 1. The van der Waals surface area contributed by atoms with Crippen LogP contribution in [-0.4, -0.2) is 17.7 Å². The van der Waals surface area contributed by atoms with Crippen LogP contribution in [0, 0.1) is 5.92 Å². The van der Waals surface area contributed by atoms with Crippen LogP contribution in [0.2, 0.25) is 0 Å². The van der Waals surface area contributed by atoms with Gasteiger partial charge < -0.3 is 10.6 Å². The first-order valence-corrected chi connectivity index (χ1v) is 6.38. The maximum atomic E-state index is 10.8. The lowest BCUT2D eigenvalue weighted by atomic mass is 9.71. The summed E-state index contributed by atoms with van der Waals surface area (Å²) in [6.45, 7) is 0. The molecule has 2 N–H and O–H groups in total. The van der Waals surface area contributed by atoms with Crippen molar-refractivity contribution in [2.24, 2.45) is 16.8 Å². The average molecular weight is 267 g/mol. The topological polar surface area (TPSA) is 64.7 Å². The number of oxime groups is 1. The highest BCUT2D eigenvalue weighted by atomic mass is 35.5. The molecule has 2 rings (SSSR count). The number of nitrogens with zero attached hydrogens (tertiary/aromatic N) is 1. The summed E-state index contributed by atoms with van der Waals surface area (Å²) in [5, 5.41) is 3.61. The Labute approximate surface area is 111 Å². The number of rotatable bonds is 4. The molecule has 0 amide bonds. The third kappa shape index (κ3) is 3.01. The second kappa shape index (κ2) is 5.87. The molecule has 1 fully saturated rings. The van der Waals surface area contributed by atoms with E-state index in [9.17, 15) is 4.79 Å². The van der Waals surface area contributed by atoms with Crippen LogP contribution in [0.15, 0.2) is 35.5 Å². The largest absolute Gasteiger partial charge is 0.384 e. The zero-order chi connectivity index (χ0) is 13.0. The van der Waals surface area contributed by atoms with Gasteiger partial charge >= 0.3 is 5.97 Å². The second-order valence-corrected chi connectivity index (χ2v) is 4.66. The molecule has 96 valence electrons. The van der Waals surface area contributed by atoms with Gasteiger partial charge in [0.2, 0.25) is 0 Å². The minimum absolute atomic E-state index is 0.193. The van der Waals surface area contributed by atoms with Crippen molar-refractivity contribution in [3.8, 4) is 0 Å². The fraction of sp³-hybridized carbons (Fsp3) is 0.385. The first-order valence-electron chi connectivity index (χ1n) is 5.84. The molecule has 1 aliphatic carbocycles. The molecule has 1 aromatic carbocycles. The lowest BCUT2D eigenvalue weighted by Gasteiger charge is -2.34. The van der Waals surface area contributed by atoms with Crippen molar-refractivity contribution in [3.05, 3.63) is 35.9 Å². The second-order valence-electron chi connectivity index (χ2n) is 4.39. The Hall–Kier alpha value is -1.55. The highest BCUT2D eigenvalue weighted by molar-refractivity contribution is 6.26. The fourth-order valence-electron chi connectivity index (χ4n) is 2.06. The summed E-state index contributed by atoms with van der Waals surface area (Å²) in [4.78, 5) is 15.4. The Morgan fingerprint density at radius 2 is 2.06 bits per heavy atom. The molecule has 4 nitrogen and oxygen atoms in total. The molecule has 0 spiro atoms. The van der Waals surface area contributed by atoms with Crippen LogP contribution in [0.4, 0.5) is 0 Å². The molecule has 1 aromatic rings. The number of nitrogens with two attached hydrogens (primary N) is 1. The van der Waals surface area contributed by atoms with E-state index in [4.69, 9.17) is 17.3 Å². The fourth-order valence-corrected chi connectivity index (χ4v) is 2.11. The molecular formula is C13H15ClN2O2. The van der Waals surface area contributed by atoms with Gasteiger partial charge in [-0.25, -0.2) is 4.79 Å². The van der Waals surface area contributed by atoms with Crippen molar-refractivity contribution < 1.29 is 9.63 Å². The summed E-state index contributed by atoms with van der Waals surface area (Å²) in [6.07, 6.45) is 1.88. The predicted molar refractivity (Wildman–Crippen MR) is 70.3 cm³/mol. The maximum Gasteiger partial charge on any atom is 0.349 e. The lowest BCUT2D eigenvalue weighted by Crippen LogP contribution is -2.34. The van der Waals surface area contributed by atoms with Gasteiger partial charge in [-0.1, -0.05) is 35.5 Å². The zero-order valence-corrected chi connectivity index (χ0v) is 10.6. The van der Waals surface area contributed by atoms with E-state index in [1.807, 2.05) is 18.2 Å². The molecule has 0 heterocycles. The van der Waals surface area contributed by atoms with Crippen molar-refractivity contribution in [2.45, 2.75) is 18.8 Å². The zero-order valence-electron chi connectivity index (χ0n) is 9.88. The van der Waals surface area contributed by atoms with Crippen LogP contribution in [0.5, 0.6) is 0 Å². The number of hydrogen-bond acceptors (Lipinski definition) is 3. The van der Waals surface area contributed by atoms with E-state index < -0.39 is 5.97 Å². The van der Waals surface area contributed by atoms with E-state index in [2.05, 4.69) is 22.1 Å². The molecule has 5 heteroatoms. The third-order valence-electron chi connectivity index (χ3n) is 3.19. The average Bonchev–Trinajstić information content (AvgIpc) is 2.35. The number of alkyl halides is 1. The Kier molecular flexibility index (Phi) is 4.20. The van der Waals surface area contributed by atoms with Crippen molar-refractivity contribution in [2.75, 3.05) is 5.88 Å². The summed E-state index contributed by atoms with van der Waals surface area (Å²) in [7, 11) is 0. The van der Waals surface area contributed by atoms with Crippen LogP contribution in [0.25, 0.3) is 0 Å². The predicted octanol–water partition coefficient (Wildman–Crippen LogP) is 2.23. The summed E-state index contributed by atoms with van der Waals surface area (Å²) in [5.41, 5.74) is 7.07. The van der Waals surface area contributed by atoms with Gasteiger partial charge in [0.25, 0.3) is 0 Å². The Morgan fingerprint density at radius 1 is 1.39 bits per heavy atom. The van der Waals surface area contributed by atoms with Crippen molar-refractivity contribution in [1.29, 1.82) is 0 Å². The van der Waals surface area contributed by atoms with Gasteiger partial charge in [-0.3, -0.25) is 0 Å². The minimum Gasteiger partial charge on any atom is -0.384 e. The normalized spacial score (nSPS) is 23.3. The Bertz CT molecular complexity index is 442. The van der Waals surface area contributed by atoms with Crippen LogP contribution in [0.3, 0.4) is 0 Å².